The summed E-state index contributed by atoms with van der Waals surface area (Å²) >= 11 is 0. The Kier molecular flexibility index (Phi) is 6.24. The summed E-state index contributed by atoms with van der Waals surface area (Å²) in [5.74, 6) is 0.879. The van der Waals surface area contributed by atoms with E-state index in [1.165, 1.54) is 6.42 Å². The number of anilines is 2. The first-order chi connectivity index (χ1) is 13.0. The molecule has 3 rings (SSSR count). The minimum absolute atomic E-state index is 0.0868. The first-order valence-corrected chi connectivity index (χ1v) is 9.49. The van der Waals surface area contributed by atoms with Crippen LogP contribution in [0.15, 0.2) is 54.6 Å². The van der Waals surface area contributed by atoms with Gasteiger partial charge in [0.1, 0.15) is 0 Å². The molecule has 2 aromatic rings. The number of carbonyl (C=O) groups excluding carboxylic acids is 2. The van der Waals surface area contributed by atoms with Crippen LogP contribution < -0.4 is 10.6 Å². The van der Waals surface area contributed by atoms with Gasteiger partial charge in [0.25, 0.3) is 5.91 Å². The third-order valence-corrected chi connectivity index (χ3v) is 4.79. The molecule has 2 unspecified atom stereocenters. The molecule has 0 aliphatic carbocycles. The molecule has 1 saturated heterocycles. The van der Waals surface area contributed by atoms with E-state index in [4.69, 9.17) is 0 Å². The first-order valence-electron chi connectivity index (χ1n) is 9.49. The second kappa shape index (κ2) is 8.82. The maximum atomic E-state index is 12.6. The van der Waals surface area contributed by atoms with Gasteiger partial charge in [-0.15, -0.1) is 0 Å². The molecule has 0 saturated carbocycles. The van der Waals surface area contributed by atoms with Crippen LogP contribution in [0.5, 0.6) is 0 Å². The van der Waals surface area contributed by atoms with Crippen LogP contribution >= 0.6 is 0 Å². The highest BCUT2D eigenvalue weighted by atomic mass is 16.2. The number of amides is 2. The van der Waals surface area contributed by atoms with Crippen LogP contribution in [0.4, 0.5) is 11.4 Å². The molecule has 0 spiro atoms. The van der Waals surface area contributed by atoms with E-state index in [0.29, 0.717) is 29.6 Å². The lowest BCUT2D eigenvalue weighted by molar-refractivity contribution is -0.117. The fraction of sp³-hybridized carbons (Fsp3) is 0.364. The molecule has 2 aromatic carbocycles. The van der Waals surface area contributed by atoms with Gasteiger partial charge in [0.15, 0.2) is 0 Å². The van der Waals surface area contributed by atoms with Gasteiger partial charge in [-0.25, -0.2) is 0 Å². The number of piperidine rings is 1. The summed E-state index contributed by atoms with van der Waals surface area (Å²) in [6.45, 7) is 6.68. The van der Waals surface area contributed by atoms with Crippen molar-refractivity contribution in [3.8, 4) is 0 Å². The largest absolute Gasteiger partial charge is 0.324 e. The molecule has 0 aromatic heterocycles. The molecule has 1 heterocycles. The highest BCUT2D eigenvalue weighted by Gasteiger charge is 2.23. The molecule has 27 heavy (non-hydrogen) atoms. The van der Waals surface area contributed by atoms with Crippen molar-refractivity contribution in [1.29, 1.82) is 0 Å². The maximum Gasteiger partial charge on any atom is 0.257 e. The van der Waals surface area contributed by atoms with Gasteiger partial charge in [0.05, 0.1) is 17.8 Å². The fourth-order valence-corrected chi connectivity index (χ4v) is 3.82. The van der Waals surface area contributed by atoms with Gasteiger partial charge in [0.2, 0.25) is 5.91 Å². The van der Waals surface area contributed by atoms with Crippen molar-refractivity contribution in [3.63, 3.8) is 0 Å². The SMILES string of the molecule is CC1CC(C)CN(CC(=O)Nc2ccccc2C(=O)Nc2ccccc2)C1. The Balaban J connectivity index is 1.65. The molecular formula is C22H27N3O2. The van der Waals surface area contributed by atoms with Crippen molar-refractivity contribution in [2.24, 2.45) is 11.8 Å². The zero-order valence-electron chi connectivity index (χ0n) is 15.9. The van der Waals surface area contributed by atoms with Crippen molar-refractivity contribution >= 4 is 23.2 Å². The number of carbonyl (C=O) groups is 2. The van der Waals surface area contributed by atoms with Gasteiger partial charge in [-0.05, 0) is 42.5 Å². The highest BCUT2D eigenvalue weighted by molar-refractivity contribution is 6.10. The Morgan fingerprint density at radius 2 is 1.56 bits per heavy atom. The number of likely N-dealkylation sites (tertiary alicyclic amines) is 1. The Hall–Kier alpha value is -2.66. The second-order valence-corrected chi connectivity index (χ2v) is 7.55. The van der Waals surface area contributed by atoms with Crippen LogP contribution in [0.1, 0.15) is 30.6 Å². The summed E-state index contributed by atoms with van der Waals surface area (Å²) in [6, 6.07) is 16.4. The number of benzene rings is 2. The second-order valence-electron chi connectivity index (χ2n) is 7.55. The number of hydrogen-bond donors (Lipinski definition) is 2. The third-order valence-electron chi connectivity index (χ3n) is 4.79. The molecule has 142 valence electrons. The standard InChI is InChI=1S/C22H27N3O2/c1-16-12-17(2)14-25(13-16)15-21(26)24-20-11-7-6-10-19(20)22(27)23-18-8-4-3-5-9-18/h3-11,16-17H,12-15H2,1-2H3,(H,23,27)(H,24,26). The fourth-order valence-electron chi connectivity index (χ4n) is 3.82. The van der Waals surface area contributed by atoms with Crippen LogP contribution in [0.2, 0.25) is 0 Å². The normalized spacial score (nSPS) is 20.1. The number of rotatable bonds is 5. The molecule has 2 N–H and O–H groups in total. The van der Waals surface area contributed by atoms with Crippen molar-refractivity contribution in [3.05, 3.63) is 60.2 Å². The molecular weight excluding hydrogens is 338 g/mol. The van der Waals surface area contributed by atoms with E-state index in [1.54, 1.807) is 18.2 Å². The van der Waals surface area contributed by atoms with Crippen LogP contribution in [0, 0.1) is 11.8 Å². The van der Waals surface area contributed by atoms with E-state index in [2.05, 4.69) is 29.4 Å². The lowest BCUT2D eigenvalue weighted by atomic mass is 9.92. The van der Waals surface area contributed by atoms with E-state index in [0.717, 1.165) is 18.8 Å². The lowest BCUT2D eigenvalue weighted by Gasteiger charge is -2.34. The Bertz CT molecular complexity index is 781. The Morgan fingerprint density at radius 1 is 0.926 bits per heavy atom. The summed E-state index contributed by atoms with van der Waals surface area (Å²) < 4.78 is 0. The third kappa shape index (κ3) is 5.41. The molecule has 0 bridgehead atoms. The van der Waals surface area contributed by atoms with E-state index in [-0.39, 0.29) is 11.8 Å². The molecule has 5 heteroatoms. The number of hydrogen-bond acceptors (Lipinski definition) is 3. The van der Waals surface area contributed by atoms with Crippen LogP contribution in [-0.4, -0.2) is 36.3 Å². The van der Waals surface area contributed by atoms with Crippen molar-refractivity contribution in [2.45, 2.75) is 20.3 Å². The highest BCUT2D eigenvalue weighted by Crippen LogP contribution is 2.21. The van der Waals surface area contributed by atoms with Gasteiger partial charge in [-0.3, -0.25) is 14.5 Å². The predicted molar refractivity (Wildman–Crippen MR) is 109 cm³/mol. The average Bonchev–Trinajstić information content (AvgIpc) is 2.62. The molecule has 1 aliphatic heterocycles. The summed E-state index contributed by atoms with van der Waals surface area (Å²) in [4.78, 5) is 27.4. The van der Waals surface area contributed by atoms with Gasteiger partial charge in [0, 0.05) is 18.8 Å². The molecule has 2 amide bonds. The quantitative estimate of drug-likeness (QED) is 0.846. The van der Waals surface area contributed by atoms with Gasteiger partial charge in [-0.2, -0.15) is 0 Å². The topological polar surface area (TPSA) is 61.4 Å². The zero-order chi connectivity index (χ0) is 19.2. The van der Waals surface area contributed by atoms with E-state index in [1.807, 2.05) is 36.4 Å². The minimum Gasteiger partial charge on any atom is -0.324 e. The zero-order valence-corrected chi connectivity index (χ0v) is 15.9. The Labute approximate surface area is 160 Å². The number of nitrogens with zero attached hydrogens (tertiary/aromatic N) is 1. The van der Waals surface area contributed by atoms with Crippen molar-refractivity contribution < 1.29 is 9.59 Å². The van der Waals surface area contributed by atoms with E-state index >= 15 is 0 Å². The molecule has 0 radical (unpaired) electrons. The summed E-state index contributed by atoms with van der Waals surface area (Å²) in [5, 5.41) is 5.78. The van der Waals surface area contributed by atoms with Crippen LogP contribution in [0.25, 0.3) is 0 Å². The average molecular weight is 365 g/mol. The smallest absolute Gasteiger partial charge is 0.257 e. The monoisotopic (exact) mass is 365 g/mol. The minimum atomic E-state index is -0.239. The summed E-state index contributed by atoms with van der Waals surface area (Å²) in [7, 11) is 0. The summed E-state index contributed by atoms with van der Waals surface area (Å²) in [6.07, 6.45) is 1.21. The van der Waals surface area contributed by atoms with Gasteiger partial charge >= 0.3 is 0 Å². The molecule has 1 aliphatic rings. The van der Waals surface area contributed by atoms with Crippen molar-refractivity contribution in [1.82, 2.24) is 4.90 Å². The molecule has 5 nitrogen and oxygen atoms in total. The van der Waals surface area contributed by atoms with Crippen LogP contribution in [0.3, 0.4) is 0 Å². The van der Waals surface area contributed by atoms with Gasteiger partial charge in [-0.1, -0.05) is 44.2 Å². The predicted octanol–water partition coefficient (Wildman–Crippen LogP) is 3.86. The first kappa shape index (κ1) is 19.1. The van der Waals surface area contributed by atoms with Gasteiger partial charge < -0.3 is 10.6 Å². The maximum absolute atomic E-state index is 12.6. The number of nitrogens with one attached hydrogen (secondary N) is 2. The molecule has 2 atom stereocenters. The molecule has 1 fully saturated rings. The van der Waals surface area contributed by atoms with E-state index < -0.39 is 0 Å². The van der Waals surface area contributed by atoms with Crippen LogP contribution in [-0.2, 0) is 4.79 Å². The Morgan fingerprint density at radius 3 is 2.26 bits per heavy atom. The number of para-hydroxylation sites is 2. The van der Waals surface area contributed by atoms with E-state index in [9.17, 15) is 9.59 Å². The van der Waals surface area contributed by atoms with Crippen molar-refractivity contribution in [2.75, 3.05) is 30.3 Å². The summed E-state index contributed by atoms with van der Waals surface area (Å²) in [5.41, 5.74) is 1.71. The lowest BCUT2D eigenvalue weighted by Crippen LogP contribution is -2.43.